The standard InChI is InChI=1S/C30H28N2O7/c1-37-26-12-19-11-20(16-34)23(17-35)30(22(19)14-27(26)38-2)18-7-8-31-28(13-18)32-24-6-4-3-5-21(24)25(15-29(32)36)39-10-9-33/h3-8,11-15,33-35H,9-10,16-17H2,1-2H3. The van der Waals surface area contributed by atoms with Crippen LogP contribution >= 0.6 is 0 Å². The van der Waals surface area contributed by atoms with Gasteiger partial charge >= 0.3 is 0 Å². The fourth-order valence-corrected chi connectivity index (χ4v) is 4.94. The zero-order valence-electron chi connectivity index (χ0n) is 21.5. The molecule has 0 spiro atoms. The van der Waals surface area contributed by atoms with Crippen molar-refractivity contribution in [1.29, 1.82) is 0 Å². The van der Waals surface area contributed by atoms with Gasteiger partial charge in [-0.25, -0.2) is 4.98 Å². The van der Waals surface area contributed by atoms with Crippen LogP contribution in [0.5, 0.6) is 17.2 Å². The van der Waals surface area contributed by atoms with E-state index in [1.165, 1.54) is 10.6 Å². The van der Waals surface area contributed by atoms with E-state index in [0.717, 1.165) is 10.8 Å². The molecular formula is C30H28N2O7. The van der Waals surface area contributed by atoms with E-state index in [1.54, 1.807) is 38.6 Å². The van der Waals surface area contributed by atoms with Gasteiger partial charge in [0.05, 0.1) is 39.6 Å². The summed E-state index contributed by atoms with van der Waals surface area (Å²) in [5.41, 5.74) is 2.73. The third kappa shape index (κ3) is 4.67. The molecule has 0 bridgehead atoms. The van der Waals surface area contributed by atoms with Gasteiger partial charge in [0.2, 0.25) is 0 Å². The summed E-state index contributed by atoms with van der Waals surface area (Å²) in [7, 11) is 3.10. The summed E-state index contributed by atoms with van der Waals surface area (Å²) in [6, 6.07) is 17.7. The maximum absolute atomic E-state index is 13.3. The van der Waals surface area contributed by atoms with Crippen molar-refractivity contribution in [3.8, 4) is 34.2 Å². The second kappa shape index (κ2) is 11.1. The number of benzene rings is 3. The Hall–Kier alpha value is -4.44. The third-order valence-electron chi connectivity index (χ3n) is 6.67. The van der Waals surface area contributed by atoms with Crippen LogP contribution in [-0.4, -0.2) is 52.3 Å². The average Bonchev–Trinajstić information content (AvgIpc) is 2.97. The predicted octanol–water partition coefficient (Wildman–Crippen LogP) is 3.58. The zero-order chi connectivity index (χ0) is 27.5. The van der Waals surface area contributed by atoms with Crippen molar-refractivity contribution < 1.29 is 29.5 Å². The fraction of sp³-hybridized carbons (Fsp3) is 0.200. The molecule has 5 aromatic rings. The Morgan fingerprint density at radius 1 is 0.846 bits per heavy atom. The molecule has 0 saturated carbocycles. The number of para-hydroxylation sites is 1. The Morgan fingerprint density at radius 2 is 1.62 bits per heavy atom. The van der Waals surface area contributed by atoms with Gasteiger partial charge in [-0.05, 0) is 75.5 Å². The monoisotopic (exact) mass is 528 g/mol. The zero-order valence-corrected chi connectivity index (χ0v) is 21.5. The lowest BCUT2D eigenvalue weighted by molar-refractivity contribution is 0.202. The topological polar surface area (TPSA) is 123 Å². The number of hydrogen-bond acceptors (Lipinski definition) is 8. The Kier molecular flexibility index (Phi) is 7.47. The van der Waals surface area contributed by atoms with E-state index in [2.05, 4.69) is 4.98 Å². The van der Waals surface area contributed by atoms with E-state index >= 15 is 0 Å². The summed E-state index contributed by atoms with van der Waals surface area (Å²) in [5, 5.41) is 32.0. The molecule has 200 valence electrons. The van der Waals surface area contributed by atoms with Crippen LogP contribution in [0.3, 0.4) is 0 Å². The normalized spacial score (nSPS) is 11.2. The summed E-state index contributed by atoms with van der Waals surface area (Å²) < 4.78 is 18.1. The van der Waals surface area contributed by atoms with E-state index in [-0.39, 0.29) is 32.0 Å². The minimum Gasteiger partial charge on any atom is -0.493 e. The smallest absolute Gasteiger partial charge is 0.260 e. The lowest BCUT2D eigenvalue weighted by atomic mass is 9.90. The maximum atomic E-state index is 13.3. The molecule has 3 aromatic carbocycles. The van der Waals surface area contributed by atoms with Gasteiger partial charge in [-0.1, -0.05) is 12.1 Å². The fourth-order valence-electron chi connectivity index (χ4n) is 4.94. The van der Waals surface area contributed by atoms with Crippen molar-refractivity contribution in [2.45, 2.75) is 13.2 Å². The lowest BCUT2D eigenvalue weighted by Crippen LogP contribution is -2.20. The number of pyridine rings is 2. The average molecular weight is 529 g/mol. The van der Waals surface area contributed by atoms with Crippen molar-refractivity contribution in [3.05, 3.63) is 88.3 Å². The molecule has 0 fully saturated rings. The van der Waals surface area contributed by atoms with Gasteiger partial charge in [0.15, 0.2) is 11.5 Å². The van der Waals surface area contributed by atoms with Crippen LogP contribution in [0.4, 0.5) is 0 Å². The van der Waals surface area contributed by atoms with Crippen LogP contribution in [0.2, 0.25) is 0 Å². The summed E-state index contributed by atoms with van der Waals surface area (Å²) in [6.45, 7) is -0.698. The number of hydrogen-bond donors (Lipinski definition) is 3. The van der Waals surface area contributed by atoms with Gasteiger partial charge in [0, 0.05) is 17.6 Å². The Balaban J connectivity index is 1.78. The van der Waals surface area contributed by atoms with Crippen molar-refractivity contribution >= 4 is 21.7 Å². The molecule has 0 unspecified atom stereocenters. The quantitative estimate of drug-likeness (QED) is 0.265. The number of ether oxygens (including phenoxy) is 3. The van der Waals surface area contributed by atoms with E-state index in [0.29, 0.717) is 56.2 Å². The number of fused-ring (bicyclic) bond motifs is 2. The molecule has 2 heterocycles. The molecule has 0 aliphatic rings. The van der Waals surface area contributed by atoms with Gasteiger partial charge in [-0.2, -0.15) is 0 Å². The van der Waals surface area contributed by atoms with Gasteiger partial charge in [-0.3, -0.25) is 9.36 Å². The van der Waals surface area contributed by atoms with Gasteiger partial charge in [0.25, 0.3) is 5.56 Å². The van der Waals surface area contributed by atoms with E-state index in [4.69, 9.17) is 14.2 Å². The molecule has 0 aliphatic carbocycles. The number of methoxy groups -OCH3 is 2. The molecule has 2 aromatic heterocycles. The number of rotatable bonds is 9. The summed E-state index contributed by atoms with van der Waals surface area (Å²) in [4.78, 5) is 17.8. The molecule has 39 heavy (non-hydrogen) atoms. The first-order chi connectivity index (χ1) is 19.0. The van der Waals surface area contributed by atoms with Crippen LogP contribution in [0.1, 0.15) is 11.1 Å². The van der Waals surface area contributed by atoms with E-state index < -0.39 is 0 Å². The van der Waals surface area contributed by atoms with Crippen molar-refractivity contribution in [2.75, 3.05) is 27.4 Å². The number of aromatic nitrogens is 2. The Bertz CT molecular complexity index is 1720. The van der Waals surface area contributed by atoms with Crippen LogP contribution < -0.4 is 19.8 Å². The molecule has 0 amide bonds. The summed E-state index contributed by atoms with van der Waals surface area (Å²) >= 11 is 0. The Morgan fingerprint density at radius 3 is 2.33 bits per heavy atom. The molecular weight excluding hydrogens is 500 g/mol. The SMILES string of the molecule is COc1cc2cc(CO)c(CO)c(-c3ccnc(-n4c(=O)cc(OCCO)c5ccccc54)c3)c2cc1OC. The Labute approximate surface area is 224 Å². The molecule has 5 rings (SSSR count). The molecule has 0 atom stereocenters. The van der Waals surface area contributed by atoms with E-state index in [1.807, 2.05) is 36.4 Å². The minimum atomic E-state index is -0.353. The van der Waals surface area contributed by atoms with Crippen molar-refractivity contribution in [2.24, 2.45) is 0 Å². The highest BCUT2D eigenvalue weighted by Gasteiger charge is 2.19. The maximum Gasteiger partial charge on any atom is 0.260 e. The second-order valence-electron chi connectivity index (χ2n) is 8.81. The molecule has 0 saturated heterocycles. The first kappa shape index (κ1) is 26.2. The van der Waals surface area contributed by atoms with Gasteiger partial charge in [-0.15, -0.1) is 0 Å². The van der Waals surface area contributed by atoms with Crippen LogP contribution in [0.15, 0.2) is 71.7 Å². The third-order valence-corrected chi connectivity index (χ3v) is 6.67. The first-order valence-corrected chi connectivity index (χ1v) is 12.3. The molecule has 0 aliphatic heterocycles. The highest BCUT2D eigenvalue weighted by atomic mass is 16.5. The summed E-state index contributed by atoms with van der Waals surface area (Å²) in [6.07, 6.45) is 1.60. The van der Waals surface area contributed by atoms with Crippen LogP contribution in [0, 0.1) is 0 Å². The lowest BCUT2D eigenvalue weighted by Gasteiger charge is -2.19. The van der Waals surface area contributed by atoms with E-state index in [9.17, 15) is 20.1 Å². The van der Waals surface area contributed by atoms with Gasteiger partial charge < -0.3 is 29.5 Å². The highest BCUT2D eigenvalue weighted by molar-refractivity contribution is 6.01. The second-order valence-corrected chi connectivity index (χ2v) is 8.81. The first-order valence-electron chi connectivity index (χ1n) is 12.3. The molecule has 3 N–H and O–H groups in total. The van der Waals surface area contributed by atoms with Gasteiger partial charge in [0.1, 0.15) is 18.2 Å². The minimum absolute atomic E-state index is 0.0631. The number of nitrogens with zero attached hydrogens (tertiary/aromatic N) is 2. The molecule has 9 nitrogen and oxygen atoms in total. The number of aliphatic hydroxyl groups is 3. The predicted molar refractivity (Wildman–Crippen MR) is 148 cm³/mol. The molecule has 0 radical (unpaired) electrons. The number of aliphatic hydroxyl groups excluding tert-OH is 3. The van der Waals surface area contributed by atoms with Crippen LogP contribution in [0.25, 0.3) is 38.6 Å². The molecule has 9 heteroatoms. The van der Waals surface area contributed by atoms with Crippen molar-refractivity contribution in [3.63, 3.8) is 0 Å². The highest BCUT2D eigenvalue weighted by Crippen LogP contribution is 2.41. The summed E-state index contributed by atoms with van der Waals surface area (Å²) in [5.74, 6) is 1.80. The van der Waals surface area contributed by atoms with Crippen molar-refractivity contribution in [1.82, 2.24) is 9.55 Å². The van der Waals surface area contributed by atoms with Crippen LogP contribution in [-0.2, 0) is 13.2 Å². The largest absolute Gasteiger partial charge is 0.493 e.